The molecule has 0 radical (unpaired) electrons. The number of rotatable bonds is 1. The predicted molar refractivity (Wildman–Crippen MR) is 103 cm³/mol. The SMILES string of the molecule is CC(C)(C)c1ccc(C2CN(C(=O)N3CC[C@@H]4OCC(=O)N[C@@H]4C3)C2)cc1. The maximum Gasteiger partial charge on any atom is 0.320 e. The zero-order chi connectivity index (χ0) is 19.2. The summed E-state index contributed by atoms with van der Waals surface area (Å²) in [5, 5.41) is 2.95. The number of hydrogen-bond donors (Lipinski definition) is 1. The number of piperidine rings is 1. The van der Waals surface area contributed by atoms with Crippen LogP contribution in [0, 0.1) is 0 Å². The number of hydrogen-bond acceptors (Lipinski definition) is 3. The molecule has 0 saturated carbocycles. The largest absolute Gasteiger partial charge is 0.366 e. The van der Waals surface area contributed by atoms with Crippen molar-refractivity contribution in [3.63, 3.8) is 0 Å². The van der Waals surface area contributed by atoms with Crippen molar-refractivity contribution in [2.45, 2.75) is 50.7 Å². The highest BCUT2D eigenvalue weighted by Crippen LogP contribution is 2.31. The van der Waals surface area contributed by atoms with E-state index in [0.717, 1.165) is 19.5 Å². The molecule has 3 fully saturated rings. The first-order chi connectivity index (χ1) is 12.8. The van der Waals surface area contributed by atoms with Crippen LogP contribution < -0.4 is 5.32 Å². The molecule has 0 aromatic heterocycles. The maximum absolute atomic E-state index is 12.8. The van der Waals surface area contributed by atoms with Gasteiger partial charge in [0.05, 0.1) is 12.1 Å². The Balaban J connectivity index is 1.31. The van der Waals surface area contributed by atoms with Gasteiger partial charge in [0.25, 0.3) is 0 Å². The number of ether oxygens (including phenoxy) is 1. The minimum absolute atomic E-state index is 0.0391. The third-order valence-corrected chi connectivity index (χ3v) is 5.99. The van der Waals surface area contributed by atoms with Crippen LogP contribution in [0.5, 0.6) is 0 Å². The van der Waals surface area contributed by atoms with Gasteiger partial charge in [-0.3, -0.25) is 4.79 Å². The Bertz CT molecular complexity index is 719. The minimum Gasteiger partial charge on any atom is -0.366 e. The van der Waals surface area contributed by atoms with Gasteiger partial charge in [-0.2, -0.15) is 0 Å². The van der Waals surface area contributed by atoms with Gasteiger partial charge >= 0.3 is 6.03 Å². The van der Waals surface area contributed by atoms with Crippen molar-refractivity contribution >= 4 is 11.9 Å². The lowest BCUT2D eigenvalue weighted by Gasteiger charge is -2.46. The van der Waals surface area contributed by atoms with Crippen molar-refractivity contribution in [2.75, 3.05) is 32.8 Å². The summed E-state index contributed by atoms with van der Waals surface area (Å²) in [6.45, 7) is 9.55. The summed E-state index contributed by atoms with van der Waals surface area (Å²) in [6, 6.07) is 8.81. The Morgan fingerprint density at radius 2 is 1.81 bits per heavy atom. The highest BCUT2D eigenvalue weighted by atomic mass is 16.5. The fraction of sp³-hybridized carbons (Fsp3) is 0.619. The molecule has 3 amide bonds. The molecule has 1 aromatic carbocycles. The van der Waals surface area contributed by atoms with E-state index >= 15 is 0 Å². The Hall–Kier alpha value is -2.08. The Morgan fingerprint density at radius 3 is 2.48 bits per heavy atom. The van der Waals surface area contributed by atoms with Crippen molar-refractivity contribution in [1.29, 1.82) is 0 Å². The zero-order valence-electron chi connectivity index (χ0n) is 16.4. The second kappa shape index (κ2) is 6.82. The summed E-state index contributed by atoms with van der Waals surface area (Å²) >= 11 is 0. The highest BCUT2D eigenvalue weighted by Gasteiger charge is 2.40. The van der Waals surface area contributed by atoms with Crippen LogP contribution in [-0.4, -0.2) is 66.7 Å². The topological polar surface area (TPSA) is 61.9 Å². The Kier molecular flexibility index (Phi) is 4.62. The third kappa shape index (κ3) is 3.68. The summed E-state index contributed by atoms with van der Waals surface area (Å²) in [5.74, 6) is 0.325. The van der Waals surface area contributed by atoms with Gasteiger partial charge in [0, 0.05) is 32.1 Å². The van der Waals surface area contributed by atoms with Crippen LogP contribution in [-0.2, 0) is 14.9 Å². The summed E-state index contributed by atoms with van der Waals surface area (Å²) in [6.07, 6.45) is 0.819. The number of amides is 3. The van der Waals surface area contributed by atoms with Crippen molar-refractivity contribution in [3.8, 4) is 0 Å². The van der Waals surface area contributed by atoms with E-state index < -0.39 is 0 Å². The molecule has 4 rings (SSSR count). The van der Waals surface area contributed by atoms with E-state index in [0.29, 0.717) is 19.0 Å². The summed E-state index contributed by atoms with van der Waals surface area (Å²) < 4.78 is 5.57. The lowest BCUT2D eigenvalue weighted by molar-refractivity contribution is -0.139. The van der Waals surface area contributed by atoms with Crippen LogP contribution in [0.2, 0.25) is 0 Å². The first-order valence-electron chi connectivity index (χ1n) is 9.86. The van der Waals surface area contributed by atoms with Gasteiger partial charge in [-0.15, -0.1) is 0 Å². The average molecular weight is 371 g/mol. The standard InChI is InChI=1S/C21H29N3O3/c1-21(2,3)16-6-4-14(5-7-16)15-10-24(11-15)20(26)23-9-8-18-17(12-23)22-19(25)13-27-18/h4-7,15,17-18H,8-13H2,1-3H3,(H,22,25)/t17-,18+/m1/s1. The Labute approximate surface area is 160 Å². The summed E-state index contributed by atoms with van der Waals surface area (Å²) in [4.78, 5) is 28.1. The third-order valence-electron chi connectivity index (χ3n) is 5.99. The molecule has 6 heteroatoms. The number of benzene rings is 1. The van der Waals surface area contributed by atoms with Crippen LogP contribution in [0.1, 0.15) is 44.2 Å². The van der Waals surface area contributed by atoms with Gasteiger partial charge in [0.2, 0.25) is 5.91 Å². The molecule has 3 aliphatic heterocycles. The summed E-state index contributed by atoms with van der Waals surface area (Å²) in [7, 11) is 0. The van der Waals surface area contributed by atoms with Crippen molar-refractivity contribution in [1.82, 2.24) is 15.1 Å². The van der Waals surface area contributed by atoms with Crippen LogP contribution in [0.15, 0.2) is 24.3 Å². The van der Waals surface area contributed by atoms with E-state index in [2.05, 4.69) is 50.4 Å². The molecule has 1 aromatic rings. The van der Waals surface area contributed by atoms with Gasteiger partial charge in [0.15, 0.2) is 0 Å². The molecule has 6 nitrogen and oxygen atoms in total. The molecular formula is C21H29N3O3. The molecule has 0 unspecified atom stereocenters. The molecule has 0 spiro atoms. The second-order valence-corrected chi connectivity index (χ2v) is 9.01. The number of nitrogens with one attached hydrogen (secondary N) is 1. The number of likely N-dealkylation sites (tertiary alicyclic amines) is 2. The average Bonchev–Trinajstić information content (AvgIpc) is 2.59. The smallest absolute Gasteiger partial charge is 0.320 e. The Morgan fingerprint density at radius 1 is 1.11 bits per heavy atom. The lowest BCUT2D eigenvalue weighted by atomic mass is 9.84. The molecule has 0 aliphatic carbocycles. The van der Waals surface area contributed by atoms with E-state index in [1.807, 2.05) is 9.80 Å². The molecule has 2 atom stereocenters. The normalized spacial score (nSPS) is 26.3. The van der Waals surface area contributed by atoms with Crippen molar-refractivity contribution in [2.24, 2.45) is 0 Å². The first kappa shape index (κ1) is 18.3. The number of carbonyl (C=O) groups excluding carboxylic acids is 2. The zero-order valence-corrected chi connectivity index (χ0v) is 16.4. The number of morpholine rings is 1. The van der Waals surface area contributed by atoms with E-state index in [4.69, 9.17) is 4.74 Å². The predicted octanol–water partition coefficient (Wildman–Crippen LogP) is 2.09. The monoisotopic (exact) mass is 371 g/mol. The minimum atomic E-state index is -0.0896. The number of carbonyl (C=O) groups is 2. The molecule has 3 aliphatic rings. The van der Waals surface area contributed by atoms with E-state index in [1.165, 1.54) is 11.1 Å². The molecule has 146 valence electrons. The van der Waals surface area contributed by atoms with E-state index in [1.54, 1.807) is 0 Å². The van der Waals surface area contributed by atoms with Gasteiger partial charge in [-0.1, -0.05) is 45.0 Å². The van der Waals surface area contributed by atoms with Crippen LogP contribution >= 0.6 is 0 Å². The molecule has 0 bridgehead atoms. The van der Waals surface area contributed by atoms with Gasteiger partial charge in [0.1, 0.15) is 6.61 Å². The van der Waals surface area contributed by atoms with Gasteiger partial charge in [-0.25, -0.2) is 4.79 Å². The number of fused-ring (bicyclic) bond motifs is 1. The number of nitrogens with zero attached hydrogens (tertiary/aromatic N) is 2. The second-order valence-electron chi connectivity index (χ2n) is 9.01. The number of urea groups is 1. The highest BCUT2D eigenvalue weighted by molar-refractivity contribution is 5.79. The maximum atomic E-state index is 12.8. The van der Waals surface area contributed by atoms with Crippen LogP contribution in [0.25, 0.3) is 0 Å². The van der Waals surface area contributed by atoms with Gasteiger partial charge < -0.3 is 19.9 Å². The van der Waals surface area contributed by atoms with Gasteiger partial charge in [-0.05, 0) is 23.0 Å². The molecular weight excluding hydrogens is 342 g/mol. The fourth-order valence-corrected chi connectivity index (χ4v) is 4.17. The van der Waals surface area contributed by atoms with Crippen molar-refractivity contribution in [3.05, 3.63) is 35.4 Å². The molecule has 3 heterocycles. The van der Waals surface area contributed by atoms with Crippen molar-refractivity contribution < 1.29 is 14.3 Å². The lowest BCUT2D eigenvalue weighted by Crippen LogP contribution is -2.63. The quantitative estimate of drug-likeness (QED) is 0.822. The van der Waals surface area contributed by atoms with E-state index in [-0.39, 0.29) is 36.1 Å². The molecule has 1 N–H and O–H groups in total. The first-order valence-corrected chi connectivity index (χ1v) is 9.86. The molecule has 3 saturated heterocycles. The summed E-state index contributed by atoms with van der Waals surface area (Å²) in [5.41, 5.74) is 2.79. The fourth-order valence-electron chi connectivity index (χ4n) is 4.17. The van der Waals surface area contributed by atoms with Crippen LogP contribution in [0.3, 0.4) is 0 Å². The van der Waals surface area contributed by atoms with Crippen LogP contribution in [0.4, 0.5) is 4.79 Å². The van der Waals surface area contributed by atoms with E-state index in [9.17, 15) is 9.59 Å². The molecule has 27 heavy (non-hydrogen) atoms.